The van der Waals surface area contributed by atoms with Gasteiger partial charge in [-0.3, -0.25) is 4.55 Å². The van der Waals surface area contributed by atoms with Crippen molar-refractivity contribution in [3.05, 3.63) is 24.3 Å². The van der Waals surface area contributed by atoms with Crippen LogP contribution in [0.2, 0.25) is 0 Å². The third kappa shape index (κ3) is 4.96. The first-order chi connectivity index (χ1) is 6.54. The van der Waals surface area contributed by atoms with E-state index in [0.29, 0.717) is 5.75 Å². The molecule has 0 saturated carbocycles. The maximum absolute atomic E-state index is 10.6. The Morgan fingerprint density at radius 3 is 2.13 bits per heavy atom. The molecule has 80 valence electrons. The second-order valence-electron chi connectivity index (χ2n) is 2.52. The summed E-state index contributed by atoms with van der Waals surface area (Å²) >= 11 is 0. The fraction of sp³-hybridized carbons (Fsp3) is 0.250. The molecule has 0 saturated heterocycles. The van der Waals surface area contributed by atoms with Crippen LogP contribution in [-0.4, -0.2) is 60.8 Å². The molecule has 0 unspecified atom stereocenters. The van der Waals surface area contributed by atoms with Crippen LogP contribution in [0.3, 0.4) is 0 Å². The Bertz CT molecular complexity index is 386. The molecule has 0 radical (unpaired) electrons. The van der Waals surface area contributed by atoms with Crippen LogP contribution in [0, 0.1) is 0 Å². The van der Waals surface area contributed by atoms with E-state index in [9.17, 15) is 8.42 Å². The van der Waals surface area contributed by atoms with Crippen LogP contribution >= 0.6 is 0 Å². The quantitative estimate of drug-likeness (QED) is 0.557. The van der Waals surface area contributed by atoms with E-state index in [2.05, 4.69) is 0 Å². The summed E-state index contributed by atoms with van der Waals surface area (Å²) in [7, 11) is -4.15. The predicted octanol–water partition coefficient (Wildman–Crippen LogP) is -0.344. The molecule has 0 atom stereocenters. The zero-order chi connectivity index (χ0) is 10.6. The number of hydrogen-bond acceptors (Lipinski definition) is 4. The topological polar surface area (TPSA) is 83.8 Å². The van der Waals surface area contributed by atoms with E-state index in [0.717, 1.165) is 0 Å². The molecule has 2 N–H and O–H groups in total. The molecule has 0 heterocycles. The van der Waals surface area contributed by atoms with Crippen LogP contribution < -0.4 is 4.74 Å². The molecular weight excluding hydrogens is 231 g/mol. The van der Waals surface area contributed by atoms with E-state index in [4.69, 9.17) is 14.4 Å². The van der Waals surface area contributed by atoms with Gasteiger partial charge in [0.2, 0.25) is 0 Å². The van der Waals surface area contributed by atoms with Crippen molar-refractivity contribution < 1.29 is 22.8 Å². The fourth-order valence-electron chi connectivity index (χ4n) is 0.871. The number of aliphatic hydroxyl groups excluding tert-OH is 1. The molecule has 0 bridgehead atoms. The number of hydrogen-bond donors (Lipinski definition) is 2. The molecule has 1 aromatic carbocycles. The number of ether oxygens (including phenoxy) is 1. The Hall–Kier alpha value is -0.110. The standard InChI is InChI=1S/C8H10O5S.Na.H/c9-5-6-13-7-1-3-8(4-2-7)14(10,11)12;;/h1-4,9H,5-6H2,(H,10,11,12);;. The van der Waals surface area contributed by atoms with Gasteiger partial charge in [0.25, 0.3) is 10.1 Å². The van der Waals surface area contributed by atoms with Crippen LogP contribution in [0.25, 0.3) is 0 Å². The summed E-state index contributed by atoms with van der Waals surface area (Å²) < 4.78 is 34.9. The molecule has 1 aromatic rings. The summed E-state index contributed by atoms with van der Waals surface area (Å²) in [6.45, 7) is 0.0330. The monoisotopic (exact) mass is 242 g/mol. The summed E-state index contributed by atoms with van der Waals surface area (Å²) in [4.78, 5) is -0.186. The van der Waals surface area contributed by atoms with Gasteiger partial charge < -0.3 is 9.84 Å². The zero-order valence-corrected chi connectivity index (χ0v) is 8.07. The van der Waals surface area contributed by atoms with Crippen LogP contribution in [0.5, 0.6) is 5.75 Å². The molecular formula is C8H11NaO5S. The normalized spacial score (nSPS) is 10.5. The molecule has 1 rings (SSSR count). The first-order valence-electron chi connectivity index (χ1n) is 3.85. The average Bonchev–Trinajstić information content (AvgIpc) is 2.14. The van der Waals surface area contributed by atoms with Gasteiger partial charge in [0.15, 0.2) is 0 Å². The van der Waals surface area contributed by atoms with Gasteiger partial charge in [-0.05, 0) is 24.3 Å². The van der Waals surface area contributed by atoms with E-state index >= 15 is 0 Å². The average molecular weight is 242 g/mol. The first kappa shape index (κ1) is 14.9. The summed E-state index contributed by atoms with van der Waals surface area (Å²) in [5.74, 6) is 0.437. The minimum absolute atomic E-state index is 0. The summed E-state index contributed by atoms with van der Waals surface area (Å²) in [5.41, 5.74) is 0. The van der Waals surface area contributed by atoms with Gasteiger partial charge in [-0.15, -0.1) is 0 Å². The Morgan fingerprint density at radius 2 is 1.73 bits per heavy atom. The van der Waals surface area contributed by atoms with Gasteiger partial charge in [0.1, 0.15) is 12.4 Å². The van der Waals surface area contributed by atoms with Gasteiger partial charge in [-0.1, -0.05) is 0 Å². The summed E-state index contributed by atoms with van der Waals surface area (Å²) in [6, 6.07) is 5.25. The Kier molecular flexibility index (Phi) is 6.42. The van der Waals surface area contributed by atoms with E-state index in [1.807, 2.05) is 0 Å². The Labute approximate surface area is 110 Å². The van der Waals surface area contributed by atoms with Gasteiger partial charge in [-0.25, -0.2) is 0 Å². The molecule has 0 aliphatic carbocycles. The van der Waals surface area contributed by atoms with Crippen molar-refractivity contribution in [2.24, 2.45) is 0 Å². The van der Waals surface area contributed by atoms with E-state index in [1.165, 1.54) is 24.3 Å². The van der Waals surface area contributed by atoms with Gasteiger partial charge in [-0.2, -0.15) is 8.42 Å². The third-order valence-electron chi connectivity index (χ3n) is 1.48. The van der Waals surface area contributed by atoms with Crippen molar-refractivity contribution in [3.8, 4) is 5.75 Å². The predicted molar refractivity (Wildman–Crippen MR) is 56.0 cm³/mol. The Morgan fingerprint density at radius 1 is 1.20 bits per heavy atom. The fourth-order valence-corrected chi connectivity index (χ4v) is 1.35. The van der Waals surface area contributed by atoms with Crippen molar-refractivity contribution in [2.75, 3.05) is 13.2 Å². The van der Waals surface area contributed by atoms with Crippen molar-refractivity contribution >= 4 is 39.7 Å². The van der Waals surface area contributed by atoms with E-state index < -0.39 is 10.1 Å². The first-order valence-corrected chi connectivity index (χ1v) is 5.29. The van der Waals surface area contributed by atoms with Gasteiger partial charge in [0.05, 0.1) is 11.5 Å². The van der Waals surface area contributed by atoms with Crippen molar-refractivity contribution in [1.29, 1.82) is 0 Å². The van der Waals surface area contributed by atoms with Crippen molar-refractivity contribution in [3.63, 3.8) is 0 Å². The Balaban J connectivity index is 0.00000196. The number of rotatable bonds is 4. The third-order valence-corrected chi connectivity index (χ3v) is 2.35. The number of aliphatic hydroxyl groups is 1. The zero-order valence-electron chi connectivity index (χ0n) is 7.25. The number of benzene rings is 1. The molecule has 0 aliphatic heterocycles. The van der Waals surface area contributed by atoms with Crippen LogP contribution in [0.1, 0.15) is 0 Å². The summed E-state index contributed by atoms with van der Waals surface area (Å²) in [5, 5.41) is 8.45. The molecule has 0 aliphatic rings. The van der Waals surface area contributed by atoms with Gasteiger partial charge in [0, 0.05) is 0 Å². The molecule has 15 heavy (non-hydrogen) atoms. The molecule has 7 heteroatoms. The molecule has 0 spiro atoms. The van der Waals surface area contributed by atoms with Crippen LogP contribution in [0.4, 0.5) is 0 Å². The maximum atomic E-state index is 10.6. The van der Waals surface area contributed by atoms with Crippen LogP contribution in [0.15, 0.2) is 29.2 Å². The van der Waals surface area contributed by atoms with E-state index in [-0.39, 0.29) is 47.7 Å². The summed E-state index contributed by atoms with van der Waals surface area (Å²) in [6.07, 6.45) is 0. The molecule has 5 nitrogen and oxygen atoms in total. The molecule has 0 aromatic heterocycles. The van der Waals surface area contributed by atoms with Crippen LogP contribution in [-0.2, 0) is 10.1 Å². The van der Waals surface area contributed by atoms with E-state index in [1.54, 1.807) is 0 Å². The molecule has 0 fully saturated rings. The SMILES string of the molecule is O=S(=O)(O)c1ccc(OCCO)cc1.[NaH]. The van der Waals surface area contributed by atoms with Crippen molar-refractivity contribution in [1.82, 2.24) is 0 Å². The van der Waals surface area contributed by atoms with Gasteiger partial charge >= 0.3 is 29.6 Å². The molecule has 0 amide bonds. The minimum atomic E-state index is -4.15. The second-order valence-corrected chi connectivity index (χ2v) is 3.94. The second kappa shape index (κ2) is 6.47. The van der Waals surface area contributed by atoms with Crippen molar-refractivity contribution in [2.45, 2.75) is 4.90 Å².